The standard InChI is InChI=1S/C23H29NO4/c1-3-27-22(26)23(2)13-15-24(16-14-23)20-11-9-19(10-12-20)21(25)28-17-18-7-5-4-6-8-18/h4-12,21,25H,3,13-17H2,1-2H3. The first kappa shape index (κ1) is 20.4. The maximum Gasteiger partial charge on any atom is 0.311 e. The molecule has 1 unspecified atom stereocenters. The van der Waals surface area contributed by atoms with E-state index in [0.29, 0.717) is 13.2 Å². The molecule has 0 aromatic heterocycles. The molecule has 28 heavy (non-hydrogen) atoms. The van der Waals surface area contributed by atoms with E-state index in [-0.39, 0.29) is 5.97 Å². The van der Waals surface area contributed by atoms with E-state index in [1.165, 1.54) is 0 Å². The minimum atomic E-state index is -0.956. The van der Waals surface area contributed by atoms with Gasteiger partial charge in [0, 0.05) is 24.3 Å². The van der Waals surface area contributed by atoms with Gasteiger partial charge in [-0.1, -0.05) is 42.5 Å². The van der Waals surface area contributed by atoms with Crippen LogP contribution in [-0.4, -0.2) is 30.8 Å². The zero-order valence-electron chi connectivity index (χ0n) is 16.6. The predicted octanol–water partition coefficient (Wildman–Crippen LogP) is 4.06. The summed E-state index contributed by atoms with van der Waals surface area (Å²) in [5.41, 5.74) is 2.45. The van der Waals surface area contributed by atoms with Crippen LogP contribution in [-0.2, 0) is 20.9 Å². The first-order chi connectivity index (χ1) is 13.5. The number of carbonyl (C=O) groups excluding carboxylic acids is 1. The first-order valence-corrected chi connectivity index (χ1v) is 9.87. The number of carbonyl (C=O) groups is 1. The van der Waals surface area contributed by atoms with Crippen molar-refractivity contribution in [1.29, 1.82) is 0 Å². The van der Waals surface area contributed by atoms with Crippen molar-refractivity contribution in [1.82, 2.24) is 0 Å². The molecule has 5 nitrogen and oxygen atoms in total. The molecule has 0 saturated carbocycles. The van der Waals surface area contributed by atoms with E-state index in [2.05, 4.69) is 4.90 Å². The van der Waals surface area contributed by atoms with Crippen LogP contribution in [0.15, 0.2) is 54.6 Å². The zero-order valence-corrected chi connectivity index (χ0v) is 16.6. The minimum absolute atomic E-state index is 0.0938. The Morgan fingerprint density at radius 3 is 2.36 bits per heavy atom. The summed E-state index contributed by atoms with van der Waals surface area (Å²) in [4.78, 5) is 14.4. The molecule has 1 saturated heterocycles. The molecule has 2 aromatic carbocycles. The number of aliphatic hydroxyl groups excluding tert-OH is 1. The number of aliphatic hydroxyl groups is 1. The molecule has 0 amide bonds. The van der Waals surface area contributed by atoms with Gasteiger partial charge < -0.3 is 19.5 Å². The molecule has 0 spiro atoms. The second-order valence-corrected chi connectivity index (χ2v) is 7.51. The Labute approximate surface area is 166 Å². The lowest BCUT2D eigenvalue weighted by Gasteiger charge is -2.38. The van der Waals surface area contributed by atoms with Crippen LogP contribution in [0.5, 0.6) is 0 Å². The van der Waals surface area contributed by atoms with E-state index in [1.807, 2.05) is 68.4 Å². The van der Waals surface area contributed by atoms with Gasteiger partial charge in [-0.2, -0.15) is 0 Å². The van der Waals surface area contributed by atoms with E-state index in [1.54, 1.807) is 0 Å². The molecule has 3 rings (SSSR count). The van der Waals surface area contributed by atoms with Crippen molar-refractivity contribution in [3.05, 3.63) is 65.7 Å². The molecule has 0 aliphatic carbocycles. The Balaban J connectivity index is 1.54. The second kappa shape index (κ2) is 9.22. The van der Waals surface area contributed by atoms with Crippen molar-refractivity contribution in [3.63, 3.8) is 0 Å². The molecule has 2 aromatic rings. The van der Waals surface area contributed by atoms with Gasteiger partial charge in [0.15, 0.2) is 6.29 Å². The van der Waals surface area contributed by atoms with Gasteiger partial charge in [0.1, 0.15) is 0 Å². The summed E-state index contributed by atoms with van der Waals surface area (Å²) in [6, 6.07) is 17.6. The normalized spacial score (nSPS) is 17.2. The number of piperidine rings is 1. The third kappa shape index (κ3) is 4.91. The molecule has 1 N–H and O–H groups in total. The number of ether oxygens (including phenoxy) is 2. The van der Waals surface area contributed by atoms with E-state index in [4.69, 9.17) is 9.47 Å². The number of hydrogen-bond acceptors (Lipinski definition) is 5. The van der Waals surface area contributed by atoms with Crippen LogP contribution in [0.25, 0.3) is 0 Å². The van der Waals surface area contributed by atoms with Gasteiger partial charge in [-0.15, -0.1) is 0 Å². The molecule has 0 bridgehead atoms. The number of hydrogen-bond donors (Lipinski definition) is 1. The van der Waals surface area contributed by atoms with Crippen LogP contribution in [0.3, 0.4) is 0 Å². The Morgan fingerprint density at radius 2 is 1.75 bits per heavy atom. The average molecular weight is 383 g/mol. The fourth-order valence-electron chi connectivity index (χ4n) is 3.46. The number of esters is 1. The Bertz CT molecular complexity index is 752. The average Bonchev–Trinajstić information content (AvgIpc) is 2.73. The first-order valence-electron chi connectivity index (χ1n) is 9.87. The molecule has 1 heterocycles. The number of anilines is 1. The summed E-state index contributed by atoms with van der Waals surface area (Å²) in [5.74, 6) is -0.0938. The number of nitrogens with zero attached hydrogens (tertiary/aromatic N) is 1. The maximum absolute atomic E-state index is 12.2. The lowest BCUT2D eigenvalue weighted by atomic mass is 9.80. The van der Waals surface area contributed by atoms with Crippen LogP contribution >= 0.6 is 0 Å². The van der Waals surface area contributed by atoms with Crippen LogP contribution in [0, 0.1) is 5.41 Å². The topological polar surface area (TPSA) is 59.0 Å². The molecule has 0 radical (unpaired) electrons. The van der Waals surface area contributed by atoms with Crippen LogP contribution in [0.1, 0.15) is 44.1 Å². The van der Waals surface area contributed by atoms with Gasteiger partial charge >= 0.3 is 5.97 Å². The van der Waals surface area contributed by atoms with Crippen molar-refractivity contribution in [3.8, 4) is 0 Å². The highest BCUT2D eigenvalue weighted by Gasteiger charge is 2.38. The fourth-order valence-corrected chi connectivity index (χ4v) is 3.46. The van der Waals surface area contributed by atoms with Gasteiger partial charge in [0.2, 0.25) is 0 Å². The summed E-state index contributed by atoms with van der Waals surface area (Å²) >= 11 is 0. The second-order valence-electron chi connectivity index (χ2n) is 7.51. The van der Waals surface area contributed by atoms with Gasteiger partial charge in [-0.3, -0.25) is 4.79 Å². The Kier molecular flexibility index (Phi) is 6.70. The Hall–Kier alpha value is -2.37. The summed E-state index contributed by atoms with van der Waals surface area (Å²) in [5, 5.41) is 10.3. The van der Waals surface area contributed by atoms with Crippen molar-refractivity contribution in [2.45, 2.75) is 39.6 Å². The van der Waals surface area contributed by atoms with Crippen molar-refractivity contribution in [2.75, 3.05) is 24.6 Å². The minimum Gasteiger partial charge on any atom is -0.466 e. The third-order valence-corrected chi connectivity index (χ3v) is 5.43. The predicted molar refractivity (Wildman–Crippen MR) is 109 cm³/mol. The highest BCUT2D eigenvalue weighted by molar-refractivity contribution is 5.76. The molecular weight excluding hydrogens is 354 g/mol. The summed E-state index contributed by atoms with van der Waals surface area (Å²) in [7, 11) is 0. The lowest BCUT2D eigenvalue weighted by molar-refractivity contribution is -0.155. The van der Waals surface area contributed by atoms with E-state index >= 15 is 0 Å². The number of rotatable bonds is 7. The van der Waals surface area contributed by atoms with Crippen molar-refractivity contribution < 1.29 is 19.4 Å². The van der Waals surface area contributed by atoms with Crippen LogP contribution in [0.4, 0.5) is 5.69 Å². The van der Waals surface area contributed by atoms with Crippen LogP contribution in [0.2, 0.25) is 0 Å². The smallest absolute Gasteiger partial charge is 0.311 e. The van der Waals surface area contributed by atoms with Gasteiger partial charge in [0.05, 0.1) is 18.6 Å². The zero-order chi connectivity index (χ0) is 20.0. The molecule has 150 valence electrons. The van der Waals surface area contributed by atoms with Crippen molar-refractivity contribution >= 4 is 11.7 Å². The molecule has 5 heteroatoms. The monoisotopic (exact) mass is 383 g/mol. The summed E-state index contributed by atoms with van der Waals surface area (Å²) in [6.07, 6.45) is 0.593. The van der Waals surface area contributed by atoms with E-state index in [0.717, 1.165) is 42.7 Å². The largest absolute Gasteiger partial charge is 0.466 e. The molecule has 1 atom stereocenters. The maximum atomic E-state index is 12.2. The molecule has 1 fully saturated rings. The number of benzene rings is 2. The lowest BCUT2D eigenvalue weighted by Crippen LogP contribution is -2.43. The molecular formula is C23H29NO4. The quantitative estimate of drug-likeness (QED) is 0.577. The highest BCUT2D eigenvalue weighted by atomic mass is 16.6. The van der Waals surface area contributed by atoms with Gasteiger partial charge in [-0.25, -0.2) is 0 Å². The summed E-state index contributed by atoms with van der Waals surface area (Å²) < 4.78 is 10.8. The van der Waals surface area contributed by atoms with E-state index in [9.17, 15) is 9.90 Å². The van der Waals surface area contributed by atoms with Gasteiger partial charge in [0.25, 0.3) is 0 Å². The Morgan fingerprint density at radius 1 is 1.11 bits per heavy atom. The van der Waals surface area contributed by atoms with E-state index < -0.39 is 11.7 Å². The van der Waals surface area contributed by atoms with Gasteiger partial charge in [-0.05, 0) is 44.4 Å². The van der Waals surface area contributed by atoms with Crippen molar-refractivity contribution in [2.24, 2.45) is 5.41 Å². The third-order valence-electron chi connectivity index (χ3n) is 5.43. The van der Waals surface area contributed by atoms with Crippen LogP contribution < -0.4 is 4.90 Å². The SMILES string of the molecule is CCOC(=O)C1(C)CCN(c2ccc(C(O)OCc3ccccc3)cc2)CC1. The summed E-state index contributed by atoms with van der Waals surface area (Å²) in [6.45, 7) is 6.24. The molecule has 1 aliphatic rings. The highest BCUT2D eigenvalue weighted by Crippen LogP contribution is 2.34. The molecule has 1 aliphatic heterocycles. The fraction of sp³-hybridized carbons (Fsp3) is 0.435.